The van der Waals surface area contributed by atoms with E-state index in [9.17, 15) is 0 Å². The van der Waals surface area contributed by atoms with Gasteiger partial charge in [-0.2, -0.15) is 0 Å². The Balaban J connectivity index is 2.31. The largest absolute Gasteiger partial charge is 0.317 e. The van der Waals surface area contributed by atoms with Crippen molar-refractivity contribution >= 4 is 11.3 Å². The minimum Gasteiger partial charge on any atom is -0.317 e. The highest BCUT2D eigenvalue weighted by atomic mass is 32.1. The molecular weight excluding hydrogens is 180 g/mol. The lowest BCUT2D eigenvalue weighted by molar-refractivity contribution is 0.524. The first-order valence-electron chi connectivity index (χ1n) is 4.84. The van der Waals surface area contributed by atoms with Crippen LogP contribution in [0.2, 0.25) is 0 Å². The molecule has 0 saturated heterocycles. The number of nitrogens with one attached hydrogen (secondary N) is 1. The van der Waals surface area contributed by atoms with Crippen LogP contribution in [-0.2, 0) is 6.42 Å². The van der Waals surface area contributed by atoms with Crippen LogP contribution in [0.25, 0.3) is 0 Å². The highest BCUT2D eigenvalue weighted by molar-refractivity contribution is 7.11. The smallest absolute Gasteiger partial charge is 0.0896 e. The molecule has 0 bridgehead atoms. The van der Waals surface area contributed by atoms with Gasteiger partial charge in [0.25, 0.3) is 0 Å². The predicted molar refractivity (Wildman–Crippen MR) is 58.3 cm³/mol. The molecule has 74 valence electrons. The lowest BCUT2D eigenvalue weighted by Gasteiger charge is -2.09. The van der Waals surface area contributed by atoms with Crippen molar-refractivity contribution in [1.29, 1.82) is 0 Å². The molecule has 2 nitrogen and oxygen atoms in total. The van der Waals surface area contributed by atoms with Crippen LogP contribution in [0.4, 0.5) is 0 Å². The molecule has 0 radical (unpaired) electrons. The first kappa shape index (κ1) is 10.7. The SMILES string of the molecule is CCNCC(C)Cc1cnc(C)s1. The zero-order chi connectivity index (χ0) is 9.68. The van der Waals surface area contributed by atoms with Gasteiger partial charge in [-0.15, -0.1) is 11.3 Å². The Morgan fingerprint density at radius 2 is 2.38 bits per heavy atom. The molecule has 0 amide bonds. The highest BCUT2D eigenvalue weighted by Crippen LogP contribution is 2.15. The van der Waals surface area contributed by atoms with Gasteiger partial charge in [0.2, 0.25) is 0 Å². The van der Waals surface area contributed by atoms with Crippen LogP contribution in [0.5, 0.6) is 0 Å². The monoisotopic (exact) mass is 198 g/mol. The number of aromatic nitrogens is 1. The molecule has 1 aromatic rings. The number of hydrogen-bond acceptors (Lipinski definition) is 3. The number of aryl methyl sites for hydroxylation is 1. The Morgan fingerprint density at radius 1 is 1.62 bits per heavy atom. The predicted octanol–water partition coefficient (Wildman–Crippen LogP) is 2.24. The lowest BCUT2D eigenvalue weighted by Crippen LogP contribution is -2.21. The van der Waals surface area contributed by atoms with Crippen LogP contribution < -0.4 is 5.32 Å². The Kier molecular flexibility index (Phi) is 4.39. The van der Waals surface area contributed by atoms with Crippen molar-refractivity contribution in [1.82, 2.24) is 10.3 Å². The molecule has 1 aromatic heterocycles. The lowest BCUT2D eigenvalue weighted by atomic mass is 10.1. The summed E-state index contributed by atoms with van der Waals surface area (Å²) in [5.41, 5.74) is 0. The summed E-state index contributed by atoms with van der Waals surface area (Å²) in [6.45, 7) is 8.64. The van der Waals surface area contributed by atoms with Gasteiger partial charge >= 0.3 is 0 Å². The Hall–Kier alpha value is -0.410. The van der Waals surface area contributed by atoms with E-state index < -0.39 is 0 Å². The number of nitrogens with zero attached hydrogens (tertiary/aromatic N) is 1. The maximum absolute atomic E-state index is 4.25. The third-order valence-electron chi connectivity index (χ3n) is 1.96. The van der Waals surface area contributed by atoms with Gasteiger partial charge in [0, 0.05) is 11.1 Å². The first-order chi connectivity index (χ1) is 6.22. The summed E-state index contributed by atoms with van der Waals surface area (Å²) in [4.78, 5) is 5.65. The summed E-state index contributed by atoms with van der Waals surface area (Å²) in [6, 6.07) is 0. The molecule has 1 atom stereocenters. The Labute approximate surface area is 84.4 Å². The van der Waals surface area contributed by atoms with Gasteiger partial charge in [0.1, 0.15) is 0 Å². The van der Waals surface area contributed by atoms with E-state index in [2.05, 4.69) is 31.1 Å². The normalized spacial score (nSPS) is 13.2. The van der Waals surface area contributed by atoms with Crippen molar-refractivity contribution in [2.45, 2.75) is 27.2 Å². The summed E-state index contributed by atoms with van der Waals surface area (Å²) in [5, 5.41) is 4.53. The molecular formula is C10H18N2S. The quantitative estimate of drug-likeness (QED) is 0.785. The molecule has 0 saturated carbocycles. The van der Waals surface area contributed by atoms with Crippen LogP contribution >= 0.6 is 11.3 Å². The average molecular weight is 198 g/mol. The highest BCUT2D eigenvalue weighted by Gasteiger charge is 2.04. The van der Waals surface area contributed by atoms with E-state index in [1.54, 1.807) is 0 Å². The van der Waals surface area contributed by atoms with Crippen LogP contribution in [0.15, 0.2) is 6.20 Å². The second-order valence-corrected chi connectivity index (χ2v) is 4.78. The van der Waals surface area contributed by atoms with Gasteiger partial charge in [0.05, 0.1) is 5.01 Å². The molecule has 0 aliphatic heterocycles. The van der Waals surface area contributed by atoms with Crippen molar-refractivity contribution in [2.24, 2.45) is 5.92 Å². The summed E-state index contributed by atoms with van der Waals surface area (Å²) < 4.78 is 0. The number of thiazole rings is 1. The third kappa shape index (κ3) is 3.87. The summed E-state index contributed by atoms with van der Waals surface area (Å²) in [6.07, 6.45) is 3.15. The molecule has 0 aliphatic rings. The standard InChI is InChI=1S/C10H18N2S/c1-4-11-6-8(2)5-10-7-12-9(3)13-10/h7-8,11H,4-6H2,1-3H3. The summed E-state index contributed by atoms with van der Waals surface area (Å²) in [5.74, 6) is 0.708. The van der Waals surface area contributed by atoms with E-state index in [0.717, 1.165) is 19.5 Å². The van der Waals surface area contributed by atoms with Gasteiger partial charge < -0.3 is 5.32 Å². The molecule has 3 heteroatoms. The number of rotatable bonds is 5. The first-order valence-corrected chi connectivity index (χ1v) is 5.66. The van der Waals surface area contributed by atoms with Crippen LogP contribution in [0.1, 0.15) is 23.7 Å². The maximum atomic E-state index is 4.25. The van der Waals surface area contributed by atoms with Crippen LogP contribution in [-0.4, -0.2) is 18.1 Å². The molecule has 1 heterocycles. The number of hydrogen-bond donors (Lipinski definition) is 1. The maximum Gasteiger partial charge on any atom is 0.0896 e. The Morgan fingerprint density at radius 3 is 2.92 bits per heavy atom. The van der Waals surface area contributed by atoms with Crippen molar-refractivity contribution < 1.29 is 0 Å². The molecule has 0 fully saturated rings. The minimum absolute atomic E-state index is 0.708. The van der Waals surface area contributed by atoms with Gasteiger partial charge in [-0.05, 0) is 32.4 Å². The third-order valence-corrected chi connectivity index (χ3v) is 2.90. The molecule has 0 aliphatic carbocycles. The average Bonchev–Trinajstić information content (AvgIpc) is 2.48. The molecule has 1 unspecified atom stereocenters. The summed E-state index contributed by atoms with van der Waals surface area (Å²) in [7, 11) is 0. The van der Waals surface area contributed by atoms with Gasteiger partial charge in [0.15, 0.2) is 0 Å². The van der Waals surface area contributed by atoms with Crippen LogP contribution in [0, 0.1) is 12.8 Å². The second-order valence-electron chi connectivity index (χ2n) is 3.46. The second kappa shape index (κ2) is 5.35. The molecule has 13 heavy (non-hydrogen) atoms. The minimum atomic E-state index is 0.708. The fraction of sp³-hybridized carbons (Fsp3) is 0.700. The van der Waals surface area contributed by atoms with E-state index in [0.29, 0.717) is 5.92 Å². The van der Waals surface area contributed by atoms with E-state index in [1.807, 2.05) is 17.5 Å². The topological polar surface area (TPSA) is 24.9 Å². The summed E-state index contributed by atoms with van der Waals surface area (Å²) >= 11 is 1.81. The van der Waals surface area contributed by atoms with Crippen molar-refractivity contribution in [3.05, 3.63) is 16.1 Å². The molecule has 1 rings (SSSR count). The Bertz CT molecular complexity index is 245. The zero-order valence-corrected chi connectivity index (χ0v) is 9.45. The van der Waals surface area contributed by atoms with Gasteiger partial charge in [-0.1, -0.05) is 13.8 Å². The van der Waals surface area contributed by atoms with E-state index in [4.69, 9.17) is 0 Å². The van der Waals surface area contributed by atoms with Crippen molar-refractivity contribution in [2.75, 3.05) is 13.1 Å². The van der Waals surface area contributed by atoms with E-state index in [1.165, 1.54) is 9.88 Å². The molecule has 0 aromatic carbocycles. The van der Waals surface area contributed by atoms with Crippen molar-refractivity contribution in [3.63, 3.8) is 0 Å². The van der Waals surface area contributed by atoms with Crippen LogP contribution in [0.3, 0.4) is 0 Å². The van der Waals surface area contributed by atoms with E-state index in [-0.39, 0.29) is 0 Å². The zero-order valence-electron chi connectivity index (χ0n) is 8.63. The fourth-order valence-electron chi connectivity index (χ4n) is 1.31. The van der Waals surface area contributed by atoms with E-state index >= 15 is 0 Å². The molecule has 1 N–H and O–H groups in total. The van der Waals surface area contributed by atoms with Gasteiger partial charge in [-0.25, -0.2) is 4.98 Å². The fourth-order valence-corrected chi connectivity index (χ4v) is 2.26. The van der Waals surface area contributed by atoms with Crippen molar-refractivity contribution in [3.8, 4) is 0 Å². The molecule has 0 spiro atoms. The van der Waals surface area contributed by atoms with Gasteiger partial charge in [-0.3, -0.25) is 0 Å².